The summed E-state index contributed by atoms with van der Waals surface area (Å²) in [5.41, 5.74) is 2.47. The zero-order valence-electron chi connectivity index (χ0n) is 10.6. The fourth-order valence-corrected chi connectivity index (χ4v) is 1.51. The van der Waals surface area contributed by atoms with Gasteiger partial charge in [0, 0.05) is 13.5 Å². The van der Waals surface area contributed by atoms with Crippen molar-refractivity contribution in [1.82, 2.24) is 5.32 Å². The first kappa shape index (κ1) is 13.4. The van der Waals surface area contributed by atoms with E-state index in [9.17, 15) is 9.59 Å². The van der Waals surface area contributed by atoms with E-state index in [1.165, 1.54) is 18.1 Å². The largest absolute Gasteiger partial charge is 0.349 e. The van der Waals surface area contributed by atoms with Crippen LogP contribution in [0, 0.1) is 0 Å². The van der Waals surface area contributed by atoms with E-state index in [1.54, 1.807) is 0 Å². The normalized spacial score (nSPS) is 10.4. The lowest BCUT2D eigenvalue weighted by atomic mass is 10.0. The number of ketones is 1. The predicted molar refractivity (Wildman–Crippen MR) is 67.9 cm³/mol. The van der Waals surface area contributed by atoms with E-state index in [0.29, 0.717) is 12.5 Å². The number of Topliss-reactive ketones (excluding diaryl/α,β-unsaturated/α-hetero) is 1. The van der Waals surface area contributed by atoms with E-state index in [0.717, 1.165) is 6.42 Å². The lowest BCUT2D eigenvalue weighted by Gasteiger charge is -2.07. The Bertz CT molecular complexity index is 393. The topological polar surface area (TPSA) is 46.2 Å². The molecule has 0 aromatic heterocycles. The summed E-state index contributed by atoms with van der Waals surface area (Å²) in [5.74, 6) is -0.426. The minimum Gasteiger partial charge on any atom is -0.349 e. The Balaban J connectivity index is 2.42. The third-order valence-electron chi connectivity index (χ3n) is 2.67. The highest BCUT2D eigenvalue weighted by Gasteiger charge is 2.05. The van der Waals surface area contributed by atoms with Gasteiger partial charge in [0.25, 0.3) is 5.91 Å². The lowest BCUT2D eigenvalue weighted by molar-refractivity contribution is -0.136. The molecule has 1 aromatic carbocycles. The van der Waals surface area contributed by atoms with Crippen molar-refractivity contribution in [3.05, 3.63) is 35.4 Å². The van der Waals surface area contributed by atoms with Gasteiger partial charge in [0.2, 0.25) is 5.78 Å². The molecule has 0 saturated heterocycles. The van der Waals surface area contributed by atoms with Crippen LogP contribution in [0.2, 0.25) is 0 Å². The van der Waals surface area contributed by atoms with Crippen LogP contribution in [0.25, 0.3) is 0 Å². The van der Waals surface area contributed by atoms with Gasteiger partial charge in [-0.25, -0.2) is 0 Å². The zero-order chi connectivity index (χ0) is 12.8. The summed E-state index contributed by atoms with van der Waals surface area (Å²) in [6.07, 6.45) is 0.747. The maximum atomic E-state index is 11.0. The number of nitrogens with one attached hydrogen (secondary N) is 1. The predicted octanol–water partition coefficient (Wildman–Crippen LogP) is 2.06. The smallest absolute Gasteiger partial charge is 0.287 e. The number of hydrogen-bond donors (Lipinski definition) is 1. The van der Waals surface area contributed by atoms with E-state index in [1.807, 2.05) is 0 Å². The number of hydrogen-bond acceptors (Lipinski definition) is 2. The SMILES string of the molecule is CC(=O)C(=O)NCCc1ccc(C(C)C)cc1. The van der Waals surface area contributed by atoms with E-state index >= 15 is 0 Å². The van der Waals surface area contributed by atoms with Crippen LogP contribution in [-0.2, 0) is 16.0 Å². The Morgan fingerprint density at radius 3 is 2.24 bits per heavy atom. The summed E-state index contributed by atoms with van der Waals surface area (Å²) < 4.78 is 0. The minimum atomic E-state index is -0.510. The summed E-state index contributed by atoms with van der Waals surface area (Å²) in [6.45, 7) is 6.08. The quantitative estimate of drug-likeness (QED) is 0.791. The van der Waals surface area contributed by atoms with Crippen molar-refractivity contribution in [3.63, 3.8) is 0 Å². The summed E-state index contributed by atoms with van der Waals surface area (Å²) >= 11 is 0. The maximum Gasteiger partial charge on any atom is 0.287 e. The minimum absolute atomic E-state index is 0.444. The van der Waals surface area contributed by atoms with Crippen molar-refractivity contribution < 1.29 is 9.59 Å². The van der Waals surface area contributed by atoms with Crippen LogP contribution >= 0.6 is 0 Å². The summed E-state index contributed by atoms with van der Waals surface area (Å²) in [4.78, 5) is 21.7. The van der Waals surface area contributed by atoms with Crippen molar-refractivity contribution >= 4 is 11.7 Å². The second-order valence-electron chi connectivity index (χ2n) is 4.46. The molecule has 0 aliphatic heterocycles. The summed E-state index contributed by atoms with van der Waals surface area (Å²) in [6, 6.07) is 8.34. The molecule has 0 unspecified atom stereocenters. The first-order chi connectivity index (χ1) is 8.00. The molecular weight excluding hydrogens is 214 g/mol. The molecule has 0 radical (unpaired) electrons. The molecule has 3 heteroatoms. The molecule has 92 valence electrons. The second-order valence-corrected chi connectivity index (χ2v) is 4.46. The fraction of sp³-hybridized carbons (Fsp3) is 0.429. The van der Waals surface area contributed by atoms with Crippen molar-refractivity contribution in [2.45, 2.75) is 33.1 Å². The van der Waals surface area contributed by atoms with E-state index in [4.69, 9.17) is 0 Å². The Morgan fingerprint density at radius 1 is 1.18 bits per heavy atom. The summed E-state index contributed by atoms with van der Waals surface area (Å²) in [5, 5.41) is 2.58. The van der Waals surface area contributed by atoms with Crippen LogP contribution in [0.5, 0.6) is 0 Å². The molecule has 0 spiro atoms. The Kier molecular flexibility index (Phi) is 4.88. The molecule has 1 N–H and O–H groups in total. The molecule has 0 heterocycles. The van der Waals surface area contributed by atoms with Gasteiger partial charge < -0.3 is 5.32 Å². The van der Waals surface area contributed by atoms with Gasteiger partial charge in [-0.1, -0.05) is 38.1 Å². The van der Waals surface area contributed by atoms with Crippen LogP contribution < -0.4 is 5.32 Å². The standard InChI is InChI=1S/C14H19NO2/c1-10(2)13-6-4-12(5-7-13)8-9-15-14(17)11(3)16/h4-7,10H,8-9H2,1-3H3,(H,15,17). The zero-order valence-corrected chi connectivity index (χ0v) is 10.6. The highest BCUT2D eigenvalue weighted by molar-refractivity contribution is 6.35. The molecule has 0 atom stereocenters. The molecule has 0 aliphatic rings. The lowest BCUT2D eigenvalue weighted by Crippen LogP contribution is -2.30. The molecule has 1 rings (SSSR count). The number of carbonyl (C=O) groups excluding carboxylic acids is 2. The first-order valence-corrected chi connectivity index (χ1v) is 5.88. The van der Waals surface area contributed by atoms with Crippen LogP contribution in [0.4, 0.5) is 0 Å². The third kappa shape index (κ3) is 4.39. The highest BCUT2D eigenvalue weighted by Crippen LogP contribution is 2.14. The van der Waals surface area contributed by atoms with Gasteiger partial charge in [0.05, 0.1) is 0 Å². The molecular formula is C14H19NO2. The van der Waals surface area contributed by atoms with Crippen LogP contribution in [0.15, 0.2) is 24.3 Å². The number of carbonyl (C=O) groups is 2. The molecule has 0 fully saturated rings. The van der Waals surface area contributed by atoms with E-state index in [-0.39, 0.29) is 0 Å². The summed E-state index contributed by atoms with van der Waals surface area (Å²) in [7, 11) is 0. The average molecular weight is 233 g/mol. The molecule has 1 aromatic rings. The van der Waals surface area contributed by atoms with Crippen molar-refractivity contribution in [3.8, 4) is 0 Å². The van der Waals surface area contributed by atoms with E-state index in [2.05, 4.69) is 43.4 Å². The second kappa shape index (κ2) is 6.18. The molecule has 1 amide bonds. The monoisotopic (exact) mass is 233 g/mol. The first-order valence-electron chi connectivity index (χ1n) is 5.88. The van der Waals surface area contributed by atoms with Crippen LogP contribution in [0.3, 0.4) is 0 Å². The highest BCUT2D eigenvalue weighted by atomic mass is 16.2. The molecule has 0 bridgehead atoms. The molecule has 3 nitrogen and oxygen atoms in total. The Labute approximate surface area is 102 Å². The molecule has 17 heavy (non-hydrogen) atoms. The molecule has 0 aliphatic carbocycles. The van der Waals surface area contributed by atoms with Gasteiger partial charge in [0.15, 0.2) is 0 Å². The Hall–Kier alpha value is -1.64. The maximum absolute atomic E-state index is 11.0. The number of rotatable bonds is 5. The van der Waals surface area contributed by atoms with Gasteiger partial charge in [-0.3, -0.25) is 9.59 Å². The van der Waals surface area contributed by atoms with Crippen molar-refractivity contribution in [1.29, 1.82) is 0 Å². The van der Waals surface area contributed by atoms with Gasteiger partial charge in [0.1, 0.15) is 0 Å². The number of benzene rings is 1. The van der Waals surface area contributed by atoms with E-state index < -0.39 is 11.7 Å². The number of amides is 1. The fourth-order valence-electron chi connectivity index (χ4n) is 1.51. The van der Waals surface area contributed by atoms with Crippen LogP contribution in [0.1, 0.15) is 37.8 Å². The van der Waals surface area contributed by atoms with Crippen LogP contribution in [-0.4, -0.2) is 18.2 Å². The van der Waals surface area contributed by atoms with Gasteiger partial charge in [-0.05, 0) is 23.5 Å². The van der Waals surface area contributed by atoms with Crippen molar-refractivity contribution in [2.75, 3.05) is 6.54 Å². The van der Waals surface area contributed by atoms with Crippen molar-refractivity contribution in [2.24, 2.45) is 0 Å². The molecule has 0 saturated carbocycles. The van der Waals surface area contributed by atoms with Gasteiger partial charge in [-0.15, -0.1) is 0 Å². The Morgan fingerprint density at radius 2 is 1.76 bits per heavy atom. The average Bonchev–Trinajstić information content (AvgIpc) is 2.29. The third-order valence-corrected chi connectivity index (χ3v) is 2.67. The van der Waals surface area contributed by atoms with Gasteiger partial charge >= 0.3 is 0 Å². The van der Waals surface area contributed by atoms with Gasteiger partial charge in [-0.2, -0.15) is 0 Å².